The zero-order valence-electron chi connectivity index (χ0n) is 10.5. The topological polar surface area (TPSA) is 89.0 Å². The summed E-state index contributed by atoms with van der Waals surface area (Å²) in [5.41, 5.74) is 0.818. The molecular formula is C11H17N5O2. The SMILES string of the molecule is Cc1cnc(C(C)NCc2cn(CCO)nn2)o1. The Bertz CT molecular complexity index is 493. The van der Waals surface area contributed by atoms with Crippen LogP contribution >= 0.6 is 0 Å². The number of aliphatic hydroxyl groups excluding tert-OH is 1. The molecule has 0 saturated carbocycles. The van der Waals surface area contributed by atoms with E-state index in [1.807, 2.05) is 13.8 Å². The molecule has 0 amide bonds. The molecule has 0 bridgehead atoms. The summed E-state index contributed by atoms with van der Waals surface area (Å²) < 4.78 is 7.04. The van der Waals surface area contributed by atoms with Gasteiger partial charge in [-0.05, 0) is 13.8 Å². The third-order valence-electron chi connectivity index (χ3n) is 2.51. The Kier molecular flexibility index (Phi) is 4.06. The molecule has 0 radical (unpaired) electrons. The fourth-order valence-electron chi connectivity index (χ4n) is 1.55. The molecule has 2 aromatic rings. The number of hydrogen-bond acceptors (Lipinski definition) is 6. The minimum Gasteiger partial charge on any atom is -0.444 e. The number of hydrogen-bond donors (Lipinski definition) is 2. The van der Waals surface area contributed by atoms with Crippen LogP contribution in [0.4, 0.5) is 0 Å². The van der Waals surface area contributed by atoms with Gasteiger partial charge in [-0.2, -0.15) is 0 Å². The predicted octanol–water partition coefficient (Wildman–Crippen LogP) is 0.418. The Morgan fingerprint density at radius 3 is 3.06 bits per heavy atom. The van der Waals surface area contributed by atoms with Crippen LogP contribution in [-0.4, -0.2) is 31.7 Å². The first-order valence-corrected chi connectivity index (χ1v) is 5.84. The van der Waals surface area contributed by atoms with Crippen LogP contribution in [0.2, 0.25) is 0 Å². The maximum atomic E-state index is 8.77. The van der Waals surface area contributed by atoms with Gasteiger partial charge in [0.15, 0.2) is 0 Å². The van der Waals surface area contributed by atoms with Crippen molar-refractivity contribution in [3.63, 3.8) is 0 Å². The van der Waals surface area contributed by atoms with Gasteiger partial charge in [-0.1, -0.05) is 5.21 Å². The summed E-state index contributed by atoms with van der Waals surface area (Å²) >= 11 is 0. The molecule has 7 nitrogen and oxygen atoms in total. The molecule has 0 saturated heterocycles. The monoisotopic (exact) mass is 251 g/mol. The highest BCUT2D eigenvalue weighted by atomic mass is 16.4. The molecule has 1 atom stereocenters. The van der Waals surface area contributed by atoms with Crippen LogP contribution < -0.4 is 5.32 Å². The number of rotatable bonds is 6. The second kappa shape index (κ2) is 5.74. The third kappa shape index (κ3) is 3.14. The second-order valence-electron chi connectivity index (χ2n) is 4.11. The summed E-state index contributed by atoms with van der Waals surface area (Å²) in [4.78, 5) is 4.16. The lowest BCUT2D eigenvalue weighted by Gasteiger charge is -2.07. The Morgan fingerprint density at radius 1 is 1.56 bits per heavy atom. The highest BCUT2D eigenvalue weighted by Gasteiger charge is 2.11. The lowest BCUT2D eigenvalue weighted by molar-refractivity contribution is 0.268. The van der Waals surface area contributed by atoms with Crippen LogP contribution in [0.1, 0.15) is 30.3 Å². The van der Waals surface area contributed by atoms with Crippen molar-refractivity contribution in [1.82, 2.24) is 25.3 Å². The summed E-state index contributed by atoms with van der Waals surface area (Å²) in [6, 6.07) is 0.0155. The number of aryl methyl sites for hydroxylation is 1. The van der Waals surface area contributed by atoms with Crippen LogP contribution in [0.3, 0.4) is 0 Å². The second-order valence-corrected chi connectivity index (χ2v) is 4.11. The smallest absolute Gasteiger partial charge is 0.211 e. The molecule has 98 valence electrons. The fourth-order valence-corrected chi connectivity index (χ4v) is 1.55. The maximum Gasteiger partial charge on any atom is 0.211 e. The van der Waals surface area contributed by atoms with Gasteiger partial charge in [0.25, 0.3) is 0 Å². The van der Waals surface area contributed by atoms with E-state index in [1.165, 1.54) is 0 Å². The summed E-state index contributed by atoms with van der Waals surface area (Å²) in [5.74, 6) is 1.46. The molecule has 2 rings (SSSR count). The first-order valence-electron chi connectivity index (χ1n) is 5.84. The van der Waals surface area contributed by atoms with Crippen molar-refractivity contribution >= 4 is 0 Å². The number of aromatic nitrogens is 4. The van der Waals surface area contributed by atoms with Crippen molar-refractivity contribution in [2.45, 2.75) is 33.0 Å². The minimum atomic E-state index is 0.0155. The van der Waals surface area contributed by atoms with Crippen molar-refractivity contribution in [2.75, 3.05) is 6.61 Å². The molecule has 0 aliphatic rings. The summed E-state index contributed by atoms with van der Waals surface area (Å²) in [6.45, 7) is 4.94. The van der Waals surface area contributed by atoms with Crippen LogP contribution in [0.5, 0.6) is 0 Å². The predicted molar refractivity (Wildman–Crippen MR) is 63.6 cm³/mol. The highest BCUT2D eigenvalue weighted by Crippen LogP contribution is 2.12. The zero-order valence-corrected chi connectivity index (χ0v) is 10.5. The molecule has 7 heteroatoms. The average molecular weight is 251 g/mol. The van der Waals surface area contributed by atoms with Crippen molar-refractivity contribution in [2.24, 2.45) is 0 Å². The molecule has 0 aromatic carbocycles. The van der Waals surface area contributed by atoms with E-state index in [9.17, 15) is 0 Å². The van der Waals surface area contributed by atoms with Crippen LogP contribution in [-0.2, 0) is 13.1 Å². The van der Waals surface area contributed by atoms with Gasteiger partial charge in [-0.25, -0.2) is 9.67 Å². The lowest BCUT2D eigenvalue weighted by atomic mass is 10.3. The Labute approximate surface area is 105 Å². The average Bonchev–Trinajstić information content (AvgIpc) is 2.96. The standard InChI is InChI=1S/C11H17N5O2/c1-8-5-13-11(18-8)9(2)12-6-10-7-16(3-4-17)15-14-10/h5,7,9,12,17H,3-4,6H2,1-2H3. The minimum absolute atomic E-state index is 0.0155. The molecule has 0 aliphatic carbocycles. The van der Waals surface area contributed by atoms with Gasteiger partial charge in [0.1, 0.15) is 5.76 Å². The van der Waals surface area contributed by atoms with Crippen LogP contribution in [0.15, 0.2) is 16.8 Å². The Morgan fingerprint density at radius 2 is 2.39 bits per heavy atom. The summed E-state index contributed by atoms with van der Waals surface area (Å²) in [7, 11) is 0. The van der Waals surface area contributed by atoms with Gasteiger partial charge in [-0.15, -0.1) is 5.10 Å². The van der Waals surface area contributed by atoms with E-state index < -0.39 is 0 Å². The molecule has 0 spiro atoms. The molecule has 0 aliphatic heterocycles. The molecule has 2 aromatic heterocycles. The Hall–Kier alpha value is -1.73. The van der Waals surface area contributed by atoms with Crippen molar-refractivity contribution in [3.8, 4) is 0 Å². The zero-order chi connectivity index (χ0) is 13.0. The van der Waals surface area contributed by atoms with Gasteiger partial charge >= 0.3 is 0 Å². The number of nitrogens with one attached hydrogen (secondary N) is 1. The van der Waals surface area contributed by atoms with Crippen molar-refractivity contribution in [1.29, 1.82) is 0 Å². The number of aliphatic hydroxyl groups is 1. The third-order valence-corrected chi connectivity index (χ3v) is 2.51. The summed E-state index contributed by atoms with van der Waals surface area (Å²) in [5, 5.41) is 19.9. The number of nitrogens with zero attached hydrogens (tertiary/aromatic N) is 4. The summed E-state index contributed by atoms with van der Waals surface area (Å²) in [6.07, 6.45) is 3.50. The molecule has 0 fully saturated rings. The lowest BCUT2D eigenvalue weighted by Crippen LogP contribution is -2.18. The van der Waals surface area contributed by atoms with E-state index in [0.717, 1.165) is 11.5 Å². The normalized spacial score (nSPS) is 12.8. The van der Waals surface area contributed by atoms with E-state index in [4.69, 9.17) is 9.52 Å². The van der Waals surface area contributed by atoms with Gasteiger partial charge in [-0.3, -0.25) is 0 Å². The molecular weight excluding hydrogens is 234 g/mol. The van der Waals surface area contributed by atoms with E-state index in [0.29, 0.717) is 19.0 Å². The quantitative estimate of drug-likeness (QED) is 0.773. The first-order chi connectivity index (χ1) is 8.69. The molecule has 2 N–H and O–H groups in total. The maximum absolute atomic E-state index is 8.77. The molecule has 1 unspecified atom stereocenters. The van der Waals surface area contributed by atoms with Crippen molar-refractivity contribution < 1.29 is 9.52 Å². The molecule has 2 heterocycles. The van der Waals surface area contributed by atoms with E-state index >= 15 is 0 Å². The van der Waals surface area contributed by atoms with Crippen LogP contribution in [0, 0.1) is 6.92 Å². The van der Waals surface area contributed by atoms with E-state index in [-0.39, 0.29) is 12.6 Å². The van der Waals surface area contributed by atoms with Crippen molar-refractivity contribution in [3.05, 3.63) is 29.7 Å². The van der Waals surface area contributed by atoms with E-state index in [1.54, 1.807) is 17.1 Å². The molecule has 18 heavy (non-hydrogen) atoms. The first kappa shape index (κ1) is 12.7. The van der Waals surface area contributed by atoms with Crippen LogP contribution in [0.25, 0.3) is 0 Å². The Balaban J connectivity index is 1.86. The van der Waals surface area contributed by atoms with Gasteiger partial charge in [0, 0.05) is 12.7 Å². The van der Waals surface area contributed by atoms with Gasteiger partial charge in [0.05, 0.1) is 31.1 Å². The highest BCUT2D eigenvalue weighted by molar-refractivity contribution is 4.97. The fraction of sp³-hybridized carbons (Fsp3) is 0.545. The van der Waals surface area contributed by atoms with Gasteiger partial charge < -0.3 is 14.8 Å². The van der Waals surface area contributed by atoms with Gasteiger partial charge in [0.2, 0.25) is 5.89 Å². The largest absolute Gasteiger partial charge is 0.444 e. The van der Waals surface area contributed by atoms with E-state index in [2.05, 4.69) is 20.6 Å². The number of oxazole rings is 1.